The summed E-state index contributed by atoms with van der Waals surface area (Å²) >= 11 is 6.31. The molecule has 0 saturated heterocycles. The molecule has 0 fully saturated rings. The molecule has 0 radical (unpaired) electrons. The van der Waals surface area contributed by atoms with E-state index in [9.17, 15) is 14.9 Å². The van der Waals surface area contributed by atoms with E-state index in [1.807, 2.05) is 36.4 Å². The van der Waals surface area contributed by atoms with Crippen molar-refractivity contribution < 1.29 is 14.4 Å². The van der Waals surface area contributed by atoms with Gasteiger partial charge in [0.05, 0.1) is 29.2 Å². The molecule has 38 heavy (non-hydrogen) atoms. The van der Waals surface area contributed by atoms with Crippen LogP contribution >= 0.6 is 11.6 Å². The number of para-hydroxylation sites is 1. The first-order valence-corrected chi connectivity index (χ1v) is 11.6. The van der Waals surface area contributed by atoms with Crippen molar-refractivity contribution in [3.05, 3.63) is 116 Å². The molecule has 0 aliphatic heterocycles. The molecular formula is C27H18ClN5O5. The van der Waals surface area contributed by atoms with Crippen LogP contribution in [-0.4, -0.2) is 32.9 Å². The number of pyridine rings is 1. The number of nitrogens with zero attached hydrogens (tertiary/aromatic N) is 5. The van der Waals surface area contributed by atoms with Crippen LogP contribution in [0.25, 0.3) is 22.3 Å². The lowest BCUT2D eigenvalue weighted by molar-refractivity contribution is -0.385. The van der Waals surface area contributed by atoms with Crippen LogP contribution in [0, 0.1) is 10.1 Å². The van der Waals surface area contributed by atoms with Gasteiger partial charge in [-0.05, 0) is 18.2 Å². The van der Waals surface area contributed by atoms with Gasteiger partial charge in [0.25, 0.3) is 11.2 Å². The molecule has 0 spiro atoms. The van der Waals surface area contributed by atoms with Gasteiger partial charge in [-0.2, -0.15) is 9.78 Å². The summed E-state index contributed by atoms with van der Waals surface area (Å²) in [6.45, 7) is 0. The Morgan fingerprint density at radius 2 is 1.82 bits per heavy atom. The Labute approximate surface area is 220 Å². The number of ether oxygens (including phenoxy) is 2. The number of nitro groups is 1. The van der Waals surface area contributed by atoms with Crippen LogP contribution in [0.3, 0.4) is 0 Å². The molecule has 2 heterocycles. The minimum absolute atomic E-state index is 0.0837. The van der Waals surface area contributed by atoms with Crippen LogP contribution in [0.1, 0.15) is 5.56 Å². The van der Waals surface area contributed by atoms with Crippen LogP contribution in [0.5, 0.6) is 17.4 Å². The van der Waals surface area contributed by atoms with Gasteiger partial charge in [-0.1, -0.05) is 54.1 Å². The molecular weight excluding hydrogens is 510 g/mol. The first-order chi connectivity index (χ1) is 18.4. The fourth-order valence-electron chi connectivity index (χ4n) is 3.72. The number of hydrogen-bond acceptors (Lipinski definition) is 8. The highest BCUT2D eigenvalue weighted by Crippen LogP contribution is 2.37. The predicted octanol–water partition coefficient (Wildman–Crippen LogP) is 5.70. The highest BCUT2D eigenvalue weighted by molar-refractivity contribution is 6.31. The molecule has 5 aromatic rings. The Bertz CT molecular complexity index is 1740. The Balaban J connectivity index is 1.64. The maximum Gasteiger partial charge on any atom is 0.287 e. The molecule has 0 saturated carbocycles. The number of hydrogen-bond donors (Lipinski definition) is 0. The standard InChI is InChI=1S/C27H18ClN5O5/c1-37-23-14-19(28)13-18(25(23)38-24-12-11-20(16-29-24)33(35)36)15-30-32-26(17-7-3-2-4-8-17)31-22-10-6-5-9-21(22)27(32)34/h2-16H,1H3. The van der Waals surface area contributed by atoms with E-state index >= 15 is 0 Å². The van der Waals surface area contributed by atoms with Gasteiger partial charge in [-0.15, -0.1) is 0 Å². The number of fused-ring (bicyclic) bond motifs is 1. The topological polar surface area (TPSA) is 122 Å². The normalized spacial score (nSPS) is 11.1. The van der Waals surface area contributed by atoms with Gasteiger partial charge in [-0.25, -0.2) is 9.97 Å². The lowest BCUT2D eigenvalue weighted by Crippen LogP contribution is -2.20. The van der Waals surface area contributed by atoms with E-state index in [2.05, 4.69) is 15.1 Å². The quantitative estimate of drug-likeness (QED) is 0.151. The fraction of sp³-hybridized carbons (Fsp3) is 0.0370. The zero-order valence-corrected chi connectivity index (χ0v) is 20.6. The lowest BCUT2D eigenvalue weighted by atomic mass is 10.2. The summed E-state index contributed by atoms with van der Waals surface area (Å²) in [5, 5.41) is 16.2. The highest BCUT2D eigenvalue weighted by atomic mass is 35.5. The van der Waals surface area contributed by atoms with E-state index < -0.39 is 4.92 Å². The Morgan fingerprint density at radius 3 is 2.53 bits per heavy atom. The summed E-state index contributed by atoms with van der Waals surface area (Å²) in [4.78, 5) is 32.5. The molecule has 0 aliphatic rings. The Kier molecular flexibility index (Phi) is 6.79. The zero-order chi connectivity index (χ0) is 26.6. The summed E-state index contributed by atoms with van der Waals surface area (Å²) in [6, 6.07) is 22.0. The summed E-state index contributed by atoms with van der Waals surface area (Å²) in [7, 11) is 1.44. The molecule has 10 nitrogen and oxygen atoms in total. The van der Waals surface area contributed by atoms with E-state index in [0.29, 0.717) is 32.9 Å². The Morgan fingerprint density at radius 1 is 1.05 bits per heavy atom. The fourth-order valence-corrected chi connectivity index (χ4v) is 3.93. The second kappa shape index (κ2) is 10.5. The molecule has 0 amide bonds. The molecule has 0 bridgehead atoms. The number of halogens is 1. The van der Waals surface area contributed by atoms with E-state index in [1.165, 1.54) is 30.1 Å². The van der Waals surface area contributed by atoms with Crippen molar-refractivity contribution in [1.82, 2.24) is 14.6 Å². The minimum Gasteiger partial charge on any atom is -0.493 e. The second-order valence-corrected chi connectivity index (χ2v) is 8.36. The van der Waals surface area contributed by atoms with E-state index in [4.69, 9.17) is 21.1 Å². The highest BCUT2D eigenvalue weighted by Gasteiger charge is 2.16. The van der Waals surface area contributed by atoms with Crippen molar-refractivity contribution >= 4 is 34.4 Å². The van der Waals surface area contributed by atoms with Crippen molar-refractivity contribution in [3.8, 4) is 28.8 Å². The number of methoxy groups -OCH3 is 1. The van der Waals surface area contributed by atoms with Crippen molar-refractivity contribution in [1.29, 1.82) is 0 Å². The summed E-state index contributed by atoms with van der Waals surface area (Å²) in [6.07, 6.45) is 2.48. The van der Waals surface area contributed by atoms with Crippen molar-refractivity contribution in [2.24, 2.45) is 5.10 Å². The summed E-state index contributed by atoms with van der Waals surface area (Å²) in [5.41, 5.74) is 1.06. The van der Waals surface area contributed by atoms with Crippen molar-refractivity contribution in [2.75, 3.05) is 7.11 Å². The third-order valence-electron chi connectivity index (χ3n) is 5.50. The van der Waals surface area contributed by atoms with E-state index in [0.717, 1.165) is 6.20 Å². The maximum absolute atomic E-state index is 13.5. The van der Waals surface area contributed by atoms with Crippen molar-refractivity contribution in [3.63, 3.8) is 0 Å². The van der Waals surface area contributed by atoms with Gasteiger partial charge in [0.15, 0.2) is 17.3 Å². The van der Waals surface area contributed by atoms with Crippen LogP contribution in [-0.2, 0) is 0 Å². The van der Waals surface area contributed by atoms with Gasteiger partial charge in [0.1, 0.15) is 6.20 Å². The number of aromatic nitrogens is 3. The predicted molar refractivity (Wildman–Crippen MR) is 143 cm³/mol. The number of rotatable bonds is 7. The molecule has 3 aromatic carbocycles. The van der Waals surface area contributed by atoms with Crippen LogP contribution in [0.4, 0.5) is 5.69 Å². The van der Waals surface area contributed by atoms with Crippen LogP contribution < -0.4 is 15.0 Å². The third kappa shape index (κ3) is 4.93. The molecule has 2 aromatic heterocycles. The van der Waals surface area contributed by atoms with Crippen LogP contribution in [0.2, 0.25) is 5.02 Å². The molecule has 0 unspecified atom stereocenters. The zero-order valence-electron chi connectivity index (χ0n) is 19.8. The first kappa shape index (κ1) is 24.6. The monoisotopic (exact) mass is 527 g/mol. The molecule has 0 atom stereocenters. The van der Waals surface area contributed by atoms with Crippen LogP contribution in [0.15, 0.2) is 95.0 Å². The second-order valence-electron chi connectivity index (χ2n) is 7.92. The summed E-state index contributed by atoms with van der Waals surface area (Å²) in [5.74, 6) is 0.899. The largest absolute Gasteiger partial charge is 0.493 e. The van der Waals surface area contributed by atoms with Gasteiger partial charge < -0.3 is 9.47 Å². The van der Waals surface area contributed by atoms with Gasteiger partial charge in [-0.3, -0.25) is 14.9 Å². The maximum atomic E-state index is 13.5. The molecule has 0 N–H and O–H groups in total. The number of benzene rings is 3. The molecule has 188 valence electrons. The first-order valence-electron chi connectivity index (χ1n) is 11.2. The lowest BCUT2D eigenvalue weighted by Gasteiger charge is -2.13. The van der Waals surface area contributed by atoms with Gasteiger partial charge in [0, 0.05) is 34.3 Å². The molecule has 11 heteroatoms. The van der Waals surface area contributed by atoms with E-state index in [1.54, 1.807) is 30.3 Å². The molecule has 5 rings (SSSR count). The smallest absolute Gasteiger partial charge is 0.287 e. The van der Waals surface area contributed by atoms with Gasteiger partial charge in [0.2, 0.25) is 5.88 Å². The summed E-state index contributed by atoms with van der Waals surface area (Å²) < 4.78 is 12.6. The SMILES string of the molecule is COc1cc(Cl)cc(C=Nn2c(-c3ccccc3)nc3ccccc3c2=O)c1Oc1ccc([N+](=O)[O-])cn1. The van der Waals surface area contributed by atoms with E-state index in [-0.39, 0.29) is 28.6 Å². The Hall–Kier alpha value is -5.09. The minimum atomic E-state index is -0.558. The average molecular weight is 528 g/mol. The average Bonchev–Trinajstić information content (AvgIpc) is 2.94. The van der Waals surface area contributed by atoms with Gasteiger partial charge >= 0.3 is 0 Å². The van der Waals surface area contributed by atoms with Crippen molar-refractivity contribution in [2.45, 2.75) is 0 Å². The third-order valence-corrected chi connectivity index (χ3v) is 5.72. The molecule has 0 aliphatic carbocycles.